The first-order valence-corrected chi connectivity index (χ1v) is 6.36. The highest BCUT2D eigenvalue weighted by Crippen LogP contribution is 2.07. The first kappa shape index (κ1) is 13.3. The minimum absolute atomic E-state index is 0.383. The Labute approximate surface area is 99.3 Å². The van der Waals surface area contributed by atoms with E-state index in [0.29, 0.717) is 17.9 Å². The molecule has 1 aliphatic rings. The summed E-state index contributed by atoms with van der Waals surface area (Å²) in [6.45, 7) is 10.8. The quantitative estimate of drug-likeness (QED) is 0.544. The van der Waals surface area contributed by atoms with E-state index in [1.807, 2.05) is 0 Å². The molecule has 0 radical (unpaired) electrons. The van der Waals surface area contributed by atoms with Gasteiger partial charge in [-0.15, -0.1) is 0 Å². The average Bonchev–Trinajstić information content (AvgIpc) is 2.67. The van der Waals surface area contributed by atoms with Crippen molar-refractivity contribution < 1.29 is 0 Å². The van der Waals surface area contributed by atoms with Crippen LogP contribution in [0.1, 0.15) is 33.6 Å². The summed E-state index contributed by atoms with van der Waals surface area (Å²) in [7, 11) is 0. The summed E-state index contributed by atoms with van der Waals surface area (Å²) in [5, 5.41) is 3.25. The Morgan fingerprint density at radius 2 is 1.94 bits per heavy atom. The minimum Gasteiger partial charge on any atom is -0.370 e. The Bertz CT molecular complexity index is 219. The van der Waals surface area contributed by atoms with Gasteiger partial charge in [0.1, 0.15) is 0 Å². The smallest absolute Gasteiger partial charge is 0.188 e. The Hall–Kier alpha value is -0.770. The molecule has 1 fully saturated rings. The number of guanidine groups is 1. The molecule has 4 nitrogen and oxygen atoms in total. The van der Waals surface area contributed by atoms with Gasteiger partial charge in [0.05, 0.1) is 0 Å². The molecule has 3 N–H and O–H groups in total. The van der Waals surface area contributed by atoms with E-state index in [9.17, 15) is 0 Å². The second-order valence-electron chi connectivity index (χ2n) is 5.17. The fraction of sp³-hybridized carbons (Fsp3) is 0.917. The molecule has 1 aliphatic heterocycles. The highest BCUT2D eigenvalue weighted by atomic mass is 15.2. The van der Waals surface area contributed by atoms with E-state index in [1.165, 1.54) is 25.9 Å². The van der Waals surface area contributed by atoms with Crippen LogP contribution in [0.15, 0.2) is 4.99 Å². The summed E-state index contributed by atoms with van der Waals surface area (Å²) in [6.07, 6.45) is 2.67. The van der Waals surface area contributed by atoms with Crippen LogP contribution in [0, 0.1) is 5.92 Å². The van der Waals surface area contributed by atoms with Crippen molar-refractivity contribution in [2.75, 3.05) is 26.2 Å². The maximum atomic E-state index is 5.82. The predicted octanol–water partition coefficient (Wildman–Crippen LogP) is 1.03. The van der Waals surface area contributed by atoms with E-state index in [4.69, 9.17) is 5.73 Å². The summed E-state index contributed by atoms with van der Waals surface area (Å²) in [4.78, 5) is 6.78. The lowest BCUT2D eigenvalue weighted by Crippen LogP contribution is -2.44. The first-order valence-electron chi connectivity index (χ1n) is 6.36. The number of nitrogens with zero attached hydrogens (tertiary/aromatic N) is 2. The molecule has 0 aromatic rings. The molecule has 0 amide bonds. The molecule has 1 unspecified atom stereocenters. The molecule has 1 heterocycles. The van der Waals surface area contributed by atoms with E-state index >= 15 is 0 Å². The number of nitrogens with two attached hydrogens (primary N) is 1. The van der Waals surface area contributed by atoms with Crippen molar-refractivity contribution in [1.82, 2.24) is 10.2 Å². The SMILES string of the molecule is CC(C)CN=C(N)NC(C)CN1CCCC1. The topological polar surface area (TPSA) is 53.6 Å². The first-order chi connectivity index (χ1) is 7.58. The minimum atomic E-state index is 0.383. The van der Waals surface area contributed by atoms with Crippen molar-refractivity contribution in [3.05, 3.63) is 0 Å². The molecule has 0 saturated carbocycles. The Morgan fingerprint density at radius 1 is 1.31 bits per heavy atom. The Balaban J connectivity index is 2.21. The molecule has 0 aliphatic carbocycles. The second kappa shape index (κ2) is 6.74. The molecule has 0 bridgehead atoms. The summed E-state index contributed by atoms with van der Waals surface area (Å²) in [6, 6.07) is 0.383. The van der Waals surface area contributed by atoms with Gasteiger partial charge in [0.15, 0.2) is 5.96 Å². The van der Waals surface area contributed by atoms with Crippen LogP contribution in [0.3, 0.4) is 0 Å². The average molecular weight is 226 g/mol. The van der Waals surface area contributed by atoms with E-state index in [1.54, 1.807) is 0 Å². The number of hydrogen-bond acceptors (Lipinski definition) is 2. The van der Waals surface area contributed by atoms with Crippen molar-refractivity contribution in [2.24, 2.45) is 16.6 Å². The fourth-order valence-corrected chi connectivity index (χ4v) is 1.98. The van der Waals surface area contributed by atoms with E-state index in [0.717, 1.165) is 13.1 Å². The van der Waals surface area contributed by atoms with E-state index < -0.39 is 0 Å². The van der Waals surface area contributed by atoms with Crippen LogP contribution in [-0.4, -0.2) is 43.1 Å². The van der Waals surface area contributed by atoms with Crippen LogP contribution in [0.5, 0.6) is 0 Å². The largest absolute Gasteiger partial charge is 0.370 e. The van der Waals surface area contributed by atoms with Crippen LogP contribution in [-0.2, 0) is 0 Å². The molecule has 0 spiro atoms. The lowest BCUT2D eigenvalue weighted by Gasteiger charge is -2.21. The van der Waals surface area contributed by atoms with E-state index in [2.05, 4.69) is 36.0 Å². The van der Waals surface area contributed by atoms with Crippen LogP contribution in [0.4, 0.5) is 0 Å². The van der Waals surface area contributed by atoms with Gasteiger partial charge in [0.2, 0.25) is 0 Å². The number of nitrogens with one attached hydrogen (secondary N) is 1. The molecule has 0 aromatic heterocycles. The molecule has 1 saturated heterocycles. The maximum Gasteiger partial charge on any atom is 0.188 e. The number of aliphatic imine (C=N–C) groups is 1. The van der Waals surface area contributed by atoms with Crippen LogP contribution >= 0.6 is 0 Å². The van der Waals surface area contributed by atoms with Crippen molar-refractivity contribution in [1.29, 1.82) is 0 Å². The number of likely N-dealkylation sites (tertiary alicyclic amines) is 1. The summed E-state index contributed by atoms with van der Waals surface area (Å²) in [5.41, 5.74) is 5.82. The molecule has 1 rings (SSSR count). The fourth-order valence-electron chi connectivity index (χ4n) is 1.98. The zero-order valence-corrected chi connectivity index (χ0v) is 10.9. The number of hydrogen-bond donors (Lipinski definition) is 2. The molecule has 94 valence electrons. The lowest BCUT2D eigenvalue weighted by atomic mass is 10.2. The summed E-state index contributed by atoms with van der Waals surface area (Å²) < 4.78 is 0. The van der Waals surface area contributed by atoms with Crippen molar-refractivity contribution in [3.63, 3.8) is 0 Å². The van der Waals surface area contributed by atoms with Crippen LogP contribution < -0.4 is 11.1 Å². The van der Waals surface area contributed by atoms with Gasteiger partial charge in [-0.1, -0.05) is 13.8 Å². The van der Waals surface area contributed by atoms with Gasteiger partial charge in [0, 0.05) is 19.1 Å². The third-order valence-corrected chi connectivity index (χ3v) is 2.75. The summed E-state index contributed by atoms with van der Waals surface area (Å²) in [5.74, 6) is 1.15. The maximum absolute atomic E-state index is 5.82. The second-order valence-corrected chi connectivity index (χ2v) is 5.17. The van der Waals surface area contributed by atoms with Gasteiger partial charge in [-0.25, -0.2) is 0 Å². The molecular formula is C12H26N4. The van der Waals surface area contributed by atoms with Gasteiger partial charge in [0.25, 0.3) is 0 Å². The highest BCUT2D eigenvalue weighted by molar-refractivity contribution is 5.78. The molecule has 16 heavy (non-hydrogen) atoms. The van der Waals surface area contributed by atoms with E-state index in [-0.39, 0.29) is 0 Å². The van der Waals surface area contributed by atoms with Gasteiger partial charge in [-0.2, -0.15) is 0 Å². The summed E-state index contributed by atoms with van der Waals surface area (Å²) >= 11 is 0. The van der Waals surface area contributed by atoms with Crippen molar-refractivity contribution >= 4 is 5.96 Å². The standard InChI is InChI=1S/C12H26N4/c1-10(2)8-14-12(13)15-11(3)9-16-6-4-5-7-16/h10-11H,4-9H2,1-3H3,(H3,13,14,15). The monoisotopic (exact) mass is 226 g/mol. The third-order valence-electron chi connectivity index (χ3n) is 2.75. The van der Waals surface area contributed by atoms with Gasteiger partial charge in [-0.05, 0) is 38.8 Å². The Morgan fingerprint density at radius 3 is 2.50 bits per heavy atom. The molecule has 4 heteroatoms. The molecular weight excluding hydrogens is 200 g/mol. The number of rotatable bonds is 5. The van der Waals surface area contributed by atoms with Crippen LogP contribution in [0.2, 0.25) is 0 Å². The normalized spacial score (nSPS) is 20.4. The molecule has 1 atom stereocenters. The van der Waals surface area contributed by atoms with Crippen molar-refractivity contribution in [2.45, 2.75) is 39.7 Å². The van der Waals surface area contributed by atoms with Gasteiger partial charge >= 0.3 is 0 Å². The lowest BCUT2D eigenvalue weighted by molar-refractivity contribution is 0.311. The zero-order valence-electron chi connectivity index (χ0n) is 10.9. The predicted molar refractivity (Wildman–Crippen MR) is 69.6 cm³/mol. The van der Waals surface area contributed by atoms with Crippen LogP contribution in [0.25, 0.3) is 0 Å². The highest BCUT2D eigenvalue weighted by Gasteiger charge is 2.14. The van der Waals surface area contributed by atoms with Gasteiger partial charge < -0.3 is 16.0 Å². The third kappa shape index (κ3) is 5.35. The Kier molecular flexibility index (Phi) is 5.60. The van der Waals surface area contributed by atoms with Crippen molar-refractivity contribution in [3.8, 4) is 0 Å². The zero-order chi connectivity index (χ0) is 12.0. The molecule has 0 aromatic carbocycles. The van der Waals surface area contributed by atoms with Gasteiger partial charge in [-0.3, -0.25) is 4.99 Å².